The highest BCUT2D eigenvalue weighted by Crippen LogP contribution is 2.36. The smallest absolute Gasteiger partial charge is 0.387 e. The molecule has 0 aliphatic carbocycles. The molecule has 8 nitrogen and oxygen atoms in total. The van der Waals surface area contributed by atoms with Crippen LogP contribution in [-0.4, -0.2) is 36.6 Å². The second kappa shape index (κ2) is 7.85. The fourth-order valence-corrected chi connectivity index (χ4v) is 2.95. The van der Waals surface area contributed by atoms with Crippen LogP contribution in [0.1, 0.15) is 11.4 Å². The van der Waals surface area contributed by atoms with Crippen LogP contribution >= 0.6 is 0 Å². The van der Waals surface area contributed by atoms with Gasteiger partial charge in [-0.15, -0.1) is 0 Å². The van der Waals surface area contributed by atoms with Crippen LogP contribution in [0.4, 0.5) is 24.8 Å². The molecule has 3 aromatic heterocycles. The number of benzene rings is 1. The Labute approximate surface area is 168 Å². The Hall–Kier alpha value is -3.89. The van der Waals surface area contributed by atoms with Crippen molar-refractivity contribution in [2.45, 2.75) is 20.5 Å². The van der Waals surface area contributed by atoms with Crippen molar-refractivity contribution in [1.82, 2.24) is 29.9 Å². The first kappa shape index (κ1) is 19.4. The zero-order valence-electron chi connectivity index (χ0n) is 15.9. The van der Waals surface area contributed by atoms with Crippen LogP contribution in [0.25, 0.3) is 17.1 Å². The summed E-state index contributed by atoms with van der Waals surface area (Å²) in [5.74, 6) is 0.105. The summed E-state index contributed by atoms with van der Waals surface area (Å²) in [4.78, 5) is 8.29. The lowest BCUT2D eigenvalue weighted by molar-refractivity contribution is -0.0489. The van der Waals surface area contributed by atoms with Gasteiger partial charge in [-0.05, 0) is 44.2 Å². The fraction of sp³-hybridized carbons (Fsp3) is 0.158. The molecule has 1 aromatic carbocycles. The van der Waals surface area contributed by atoms with Crippen molar-refractivity contribution in [3.05, 3.63) is 59.9 Å². The summed E-state index contributed by atoms with van der Waals surface area (Å²) in [6.45, 7) is 0.656. The molecule has 0 amide bonds. The summed E-state index contributed by atoms with van der Waals surface area (Å²) in [6.07, 6.45) is 1.31. The average Bonchev–Trinajstić information content (AvgIpc) is 3.25. The van der Waals surface area contributed by atoms with E-state index in [1.54, 1.807) is 10.7 Å². The van der Waals surface area contributed by atoms with Crippen LogP contribution in [0.3, 0.4) is 0 Å². The van der Waals surface area contributed by atoms with E-state index in [9.17, 15) is 13.2 Å². The van der Waals surface area contributed by atoms with Crippen molar-refractivity contribution in [2.24, 2.45) is 0 Å². The number of ether oxygens (including phenoxy) is 1. The van der Waals surface area contributed by atoms with Gasteiger partial charge in [-0.2, -0.15) is 19.0 Å². The molecule has 0 bridgehead atoms. The van der Waals surface area contributed by atoms with Crippen LogP contribution in [0.2, 0.25) is 0 Å². The number of halogens is 3. The molecule has 3 heterocycles. The Balaban J connectivity index is 1.69. The second-order valence-electron chi connectivity index (χ2n) is 6.39. The molecule has 2 N–H and O–H groups in total. The van der Waals surface area contributed by atoms with Gasteiger partial charge in [0, 0.05) is 17.3 Å². The van der Waals surface area contributed by atoms with E-state index in [0.717, 1.165) is 11.4 Å². The molecule has 0 unspecified atom stereocenters. The number of hydrogen-bond acceptors (Lipinski definition) is 6. The molecule has 0 spiro atoms. The van der Waals surface area contributed by atoms with Gasteiger partial charge in [0.2, 0.25) is 0 Å². The van der Waals surface area contributed by atoms with Crippen LogP contribution in [-0.2, 0) is 0 Å². The summed E-state index contributed by atoms with van der Waals surface area (Å²) in [7, 11) is 0. The normalized spacial score (nSPS) is 11.1. The predicted octanol–water partition coefficient (Wildman–Crippen LogP) is 4.15. The highest BCUT2D eigenvalue weighted by atomic mass is 19.3. The van der Waals surface area contributed by atoms with E-state index < -0.39 is 12.4 Å². The van der Waals surface area contributed by atoms with E-state index in [0.29, 0.717) is 17.2 Å². The number of anilines is 2. The molecule has 30 heavy (non-hydrogen) atoms. The Bertz CT molecular complexity index is 1170. The maximum absolute atomic E-state index is 13.2. The topological polar surface area (TPSA) is 93.5 Å². The standard InChI is InChI=1S/C19H16F3N7O/c1-10-7-11(2)29(28-10)15-8-14(23-9-24-15)25-18-17(30-19(21)22)16(26-27-18)12-3-5-13(20)6-4-12/h3-9,19H,1-2H3,(H2,23,24,25,26,27). The largest absolute Gasteiger partial charge is 0.428 e. The van der Waals surface area contributed by atoms with Gasteiger partial charge in [0.1, 0.15) is 23.7 Å². The highest BCUT2D eigenvalue weighted by molar-refractivity contribution is 5.75. The minimum absolute atomic E-state index is 0.00681. The Morgan fingerprint density at radius 3 is 2.53 bits per heavy atom. The third-order valence-electron chi connectivity index (χ3n) is 4.19. The van der Waals surface area contributed by atoms with Gasteiger partial charge in [-0.25, -0.2) is 19.0 Å². The van der Waals surface area contributed by atoms with Crippen molar-refractivity contribution in [2.75, 3.05) is 5.32 Å². The number of aryl methyl sites for hydroxylation is 2. The van der Waals surface area contributed by atoms with Crippen molar-refractivity contribution in [1.29, 1.82) is 0 Å². The predicted molar refractivity (Wildman–Crippen MR) is 103 cm³/mol. The average molecular weight is 415 g/mol. The van der Waals surface area contributed by atoms with E-state index in [1.807, 2.05) is 19.9 Å². The van der Waals surface area contributed by atoms with Crippen LogP contribution in [0.5, 0.6) is 5.75 Å². The molecule has 0 saturated carbocycles. The van der Waals surface area contributed by atoms with Crippen LogP contribution in [0.15, 0.2) is 42.7 Å². The molecule has 154 valence electrons. The number of aromatic amines is 1. The third kappa shape index (κ3) is 3.95. The summed E-state index contributed by atoms with van der Waals surface area (Å²) in [5, 5.41) is 13.9. The van der Waals surface area contributed by atoms with E-state index in [4.69, 9.17) is 0 Å². The zero-order chi connectivity index (χ0) is 21.3. The molecule has 0 saturated heterocycles. The molecule has 4 aromatic rings. The monoisotopic (exact) mass is 415 g/mol. The summed E-state index contributed by atoms with van der Waals surface area (Å²) >= 11 is 0. The quantitative estimate of drug-likeness (QED) is 0.491. The first-order chi connectivity index (χ1) is 14.4. The molecule has 11 heteroatoms. The van der Waals surface area contributed by atoms with Gasteiger partial charge in [0.25, 0.3) is 0 Å². The Morgan fingerprint density at radius 2 is 1.87 bits per heavy atom. The lowest BCUT2D eigenvalue weighted by atomic mass is 10.1. The number of H-pyrrole nitrogens is 1. The zero-order valence-corrected chi connectivity index (χ0v) is 15.9. The maximum atomic E-state index is 13.2. The van der Waals surface area contributed by atoms with E-state index >= 15 is 0 Å². The molecule has 4 rings (SSSR count). The van der Waals surface area contributed by atoms with Crippen molar-refractivity contribution < 1.29 is 17.9 Å². The lowest BCUT2D eigenvalue weighted by Gasteiger charge is -2.10. The number of alkyl halides is 2. The summed E-state index contributed by atoms with van der Waals surface area (Å²) in [6, 6.07) is 8.76. The SMILES string of the molecule is Cc1cc(C)n(-c2cc(Nc3n[nH]c(-c4ccc(F)cc4)c3OC(F)F)ncn2)n1. The number of nitrogens with one attached hydrogen (secondary N) is 2. The van der Waals surface area contributed by atoms with Gasteiger partial charge in [-0.1, -0.05) is 0 Å². The fourth-order valence-electron chi connectivity index (χ4n) is 2.95. The van der Waals surface area contributed by atoms with Crippen molar-refractivity contribution in [3.8, 4) is 22.8 Å². The van der Waals surface area contributed by atoms with Gasteiger partial charge < -0.3 is 10.1 Å². The van der Waals surface area contributed by atoms with Crippen molar-refractivity contribution >= 4 is 11.6 Å². The summed E-state index contributed by atoms with van der Waals surface area (Å²) < 4.78 is 45.5. The van der Waals surface area contributed by atoms with E-state index in [1.165, 1.54) is 30.6 Å². The highest BCUT2D eigenvalue weighted by Gasteiger charge is 2.21. The third-order valence-corrected chi connectivity index (χ3v) is 4.19. The van der Waals surface area contributed by atoms with Gasteiger partial charge in [0.05, 0.1) is 5.69 Å². The minimum Gasteiger partial charge on any atom is -0.428 e. The number of nitrogens with zero attached hydrogens (tertiary/aromatic N) is 5. The molecular weight excluding hydrogens is 399 g/mol. The molecule has 0 atom stereocenters. The molecule has 0 fully saturated rings. The summed E-state index contributed by atoms with van der Waals surface area (Å²) in [5.41, 5.74) is 2.30. The Morgan fingerprint density at radius 1 is 1.10 bits per heavy atom. The maximum Gasteiger partial charge on any atom is 0.387 e. The number of rotatable bonds is 6. The number of hydrogen-bond donors (Lipinski definition) is 2. The Kier molecular flexibility index (Phi) is 5.09. The first-order valence-electron chi connectivity index (χ1n) is 8.82. The first-order valence-corrected chi connectivity index (χ1v) is 8.82. The van der Waals surface area contributed by atoms with E-state index in [2.05, 4.69) is 35.3 Å². The molecular formula is C19H16F3N7O. The van der Waals surface area contributed by atoms with Crippen LogP contribution < -0.4 is 10.1 Å². The van der Waals surface area contributed by atoms with Gasteiger partial charge in [-0.3, -0.25) is 5.10 Å². The van der Waals surface area contributed by atoms with Crippen molar-refractivity contribution in [3.63, 3.8) is 0 Å². The molecule has 0 radical (unpaired) electrons. The lowest BCUT2D eigenvalue weighted by Crippen LogP contribution is -2.06. The minimum atomic E-state index is -3.09. The molecule has 0 aliphatic rings. The van der Waals surface area contributed by atoms with Gasteiger partial charge in [0.15, 0.2) is 17.4 Å². The van der Waals surface area contributed by atoms with Crippen LogP contribution in [0, 0.1) is 19.7 Å². The van der Waals surface area contributed by atoms with Gasteiger partial charge >= 0.3 is 6.61 Å². The second-order valence-corrected chi connectivity index (χ2v) is 6.39. The van der Waals surface area contributed by atoms with E-state index in [-0.39, 0.29) is 17.3 Å². The number of aromatic nitrogens is 6. The molecule has 0 aliphatic heterocycles.